The van der Waals surface area contributed by atoms with Crippen molar-refractivity contribution in [2.24, 2.45) is 0 Å². The molecule has 4 aromatic rings. The molecule has 1 aliphatic rings. The van der Waals surface area contributed by atoms with Gasteiger partial charge in [-0.1, -0.05) is 54.6 Å². The molecular formula is C31H25BrN2O5. The molecule has 196 valence electrons. The van der Waals surface area contributed by atoms with Gasteiger partial charge in [0.1, 0.15) is 12.2 Å². The average molecular weight is 585 g/mol. The first-order valence-corrected chi connectivity index (χ1v) is 13.2. The van der Waals surface area contributed by atoms with Gasteiger partial charge in [-0.05, 0) is 82.0 Å². The molecule has 1 N–H and O–H groups in total. The highest BCUT2D eigenvalue weighted by molar-refractivity contribution is 9.10. The number of carbonyl (C=O) groups excluding carboxylic acids is 3. The number of hydrogen-bond acceptors (Lipinski definition) is 5. The minimum Gasteiger partial charge on any atom is -0.490 e. The summed E-state index contributed by atoms with van der Waals surface area (Å²) in [5, 5.41) is 4.49. The third kappa shape index (κ3) is 5.28. The summed E-state index contributed by atoms with van der Waals surface area (Å²) in [4.78, 5) is 39.3. The topological polar surface area (TPSA) is 84.9 Å². The molecule has 7 nitrogen and oxygen atoms in total. The molecular weight excluding hydrogens is 560 g/mol. The van der Waals surface area contributed by atoms with Crippen molar-refractivity contribution in [3.05, 3.63) is 106 Å². The van der Waals surface area contributed by atoms with Crippen LogP contribution in [-0.4, -0.2) is 24.5 Å². The molecule has 1 saturated heterocycles. The Morgan fingerprint density at radius 1 is 0.923 bits per heavy atom. The van der Waals surface area contributed by atoms with E-state index in [0.717, 1.165) is 26.8 Å². The molecule has 0 saturated carbocycles. The van der Waals surface area contributed by atoms with Crippen molar-refractivity contribution in [1.82, 2.24) is 5.32 Å². The fourth-order valence-electron chi connectivity index (χ4n) is 4.49. The van der Waals surface area contributed by atoms with Gasteiger partial charge in [0.2, 0.25) is 0 Å². The van der Waals surface area contributed by atoms with E-state index in [1.54, 1.807) is 42.5 Å². The number of ether oxygens (including phenoxy) is 2. The Kier molecular flexibility index (Phi) is 7.47. The van der Waals surface area contributed by atoms with E-state index in [1.165, 1.54) is 6.08 Å². The fourth-order valence-corrected chi connectivity index (χ4v) is 5.07. The fraction of sp³-hybridized carbons (Fsp3) is 0.129. The summed E-state index contributed by atoms with van der Waals surface area (Å²) in [5.74, 6) is -0.517. The Hall–Kier alpha value is -4.43. The van der Waals surface area contributed by atoms with Crippen molar-refractivity contribution in [3.8, 4) is 11.5 Å². The number of nitrogens with zero attached hydrogens (tertiary/aromatic N) is 1. The van der Waals surface area contributed by atoms with E-state index < -0.39 is 17.8 Å². The maximum absolute atomic E-state index is 13.2. The minimum atomic E-state index is -0.794. The Bertz CT molecular complexity index is 1630. The number of carbonyl (C=O) groups is 3. The number of halogens is 1. The van der Waals surface area contributed by atoms with Crippen LogP contribution in [0.15, 0.2) is 88.9 Å². The lowest BCUT2D eigenvalue weighted by atomic mass is 10.0. The van der Waals surface area contributed by atoms with Crippen LogP contribution >= 0.6 is 15.9 Å². The molecule has 0 unspecified atom stereocenters. The van der Waals surface area contributed by atoms with Gasteiger partial charge in [0.25, 0.3) is 11.8 Å². The highest BCUT2D eigenvalue weighted by Gasteiger charge is 2.36. The number of benzene rings is 4. The van der Waals surface area contributed by atoms with Crippen LogP contribution in [0.4, 0.5) is 10.5 Å². The molecule has 0 bridgehead atoms. The SMILES string of the molecule is CCOc1cc(/C=C2\C(=O)NC(=O)N(c3ccccc3)C2=O)cc(Br)c1OCc1c(C)ccc2ccccc12. The lowest BCUT2D eigenvalue weighted by Crippen LogP contribution is -2.54. The van der Waals surface area contributed by atoms with Crippen LogP contribution in [0, 0.1) is 6.92 Å². The highest BCUT2D eigenvalue weighted by Crippen LogP contribution is 2.39. The third-order valence-corrected chi connectivity index (χ3v) is 6.98. The van der Waals surface area contributed by atoms with Gasteiger partial charge >= 0.3 is 6.03 Å². The number of aryl methyl sites for hydroxylation is 1. The lowest BCUT2D eigenvalue weighted by molar-refractivity contribution is -0.122. The quantitative estimate of drug-likeness (QED) is 0.196. The Labute approximate surface area is 234 Å². The first-order valence-electron chi connectivity index (χ1n) is 12.4. The predicted molar refractivity (Wildman–Crippen MR) is 154 cm³/mol. The van der Waals surface area contributed by atoms with Crippen molar-refractivity contribution in [2.75, 3.05) is 11.5 Å². The number of imide groups is 2. The molecule has 8 heteroatoms. The van der Waals surface area contributed by atoms with Gasteiger partial charge in [-0.2, -0.15) is 0 Å². The zero-order valence-electron chi connectivity index (χ0n) is 21.4. The molecule has 0 spiro atoms. The maximum atomic E-state index is 13.2. The monoisotopic (exact) mass is 584 g/mol. The number of nitrogens with one attached hydrogen (secondary N) is 1. The second-order valence-corrected chi connectivity index (χ2v) is 9.78. The van der Waals surface area contributed by atoms with Crippen LogP contribution in [-0.2, 0) is 16.2 Å². The summed E-state index contributed by atoms with van der Waals surface area (Å²) < 4.78 is 12.8. The molecule has 5 rings (SSSR count). The second kappa shape index (κ2) is 11.1. The van der Waals surface area contributed by atoms with Gasteiger partial charge in [-0.3, -0.25) is 14.9 Å². The van der Waals surface area contributed by atoms with E-state index in [2.05, 4.69) is 52.4 Å². The first-order chi connectivity index (χ1) is 18.9. The van der Waals surface area contributed by atoms with Gasteiger partial charge < -0.3 is 9.47 Å². The van der Waals surface area contributed by atoms with Crippen molar-refractivity contribution >= 4 is 56.3 Å². The third-order valence-electron chi connectivity index (χ3n) is 6.39. The van der Waals surface area contributed by atoms with E-state index in [1.807, 2.05) is 19.1 Å². The number of urea groups is 1. The van der Waals surface area contributed by atoms with E-state index >= 15 is 0 Å². The first kappa shape index (κ1) is 26.2. The summed E-state index contributed by atoms with van der Waals surface area (Å²) >= 11 is 3.58. The van der Waals surface area contributed by atoms with Gasteiger partial charge in [-0.15, -0.1) is 0 Å². The number of anilines is 1. The van der Waals surface area contributed by atoms with Crippen LogP contribution in [0.1, 0.15) is 23.6 Å². The molecule has 1 aliphatic heterocycles. The number of para-hydroxylation sites is 1. The normalized spacial score (nSPS) is 14.6. The van der Waals surface area contributed by atoms with Crippen molar-refractivity contribution in [3.63, 3.8) is 0 Å². The molecule has 1 fully saturated rings. The predicted octanol–water partition coefficient (Wildman–Crippen LogP) is 6.55. The summed E-state index contributed by atoms with van der Waals surface area (Å²) in [6.45, 7) is 4.61. The molecule has 0 radical (unpaired) electrons. The van der Waals surface area contributed by atoms with Crippen LogP contribution in [0.3, 0.4) is 0 Å². The summed E-state index contributed by atoms with van der Waals surface area (Å²) in [7, 11) is 0. The summed E-state index contributed by atoms with van der Waals surface area (Å²) in [6, 6.07) is 23.4. The average Bonchev–Trinajstić information content (AvgIpc) is 2.92. The van der Waals surface area contributed by atoms with E-state index in [9.17, 15) is 14.4 Å². The zero-order chi connectivity index (χ0) is 27.5. The van der Waals surface area contributed by atoms with E-state index in [0.29, 0.717) is 40.4 Å². The van der Waals surface area contributed by atoms with Gasteiger partial charge in [-0.25, -0.2) is 9.69 Å². The van der Waals surface area contributed by atoms with Crippen LogP contribution in [0.25, 0.3) is 16.8 Å². The van der Waals surface area contributed by atoms with Crippen LogP contribution < -0.4 is 19.7 Å². The molecule has 4 amide bonds. The lowest BCUT2D eigenvalue weighted by Gasteiger charge is -2.26. The molecule has 1 heterocycles. The molecule has 39 heavy (non-hydrogen) atoms. The number of fused-ring (bicyclic) bond motifs is 1. The summed E-state index contributed by atoms with van der Waals surface area (Å²) in [6.07, 6.45) is 1.44. The zero-order valence-corrected chi connectivity index (χ0v) is 22.9. The van der Waals surface area contributed by atoms with Crippen molar-refractivity contribution in [1.29, 1.82) is 0 Å². The van der Waals surface area contributed by atoms with Gasteiger partial charge in [0.05, 0.1) is 16.8 Å². The Balaban J connectivity index is 1.48. The minimum absolute atomic E-state index is 0.173. The smallest absolute Gasteiger partial charge is 0.335 e. The van der Waals surface area contributed by atoms with E-state index in [-0.39, 0.29) is 5.57 Å². The molecule has 0 aromatic heterocycles. The number of barbiturate groups is 1. The number of hydrogen-bond donors (Lipinski definition) is 1. The van der Waals surface area contributed by atoms with Crippen molar-refractivity contribution in [2.45, 2.75) is 20.5 Å². The number of amides is 4. The number of rotatable bonds is 7. The molecule has 4 aromatic carbocycles. The van der Waals surface area contributed by atoms with Gasteiger partial charge in [0.15, 0.2) is 11.5 Å². The van der Waals surface area contributed by atoms with Crippen LogP contribution in [0.5, 0.6) is 11.5 Å². The van der Waals surface area contributed by atoms with Gasteiger partial charge in [0, 0.05) is 5.56 Å². The maximum Gasteiger partial charge on any atom is 0.335 e. The summed E-state index contributed by atoms with van der Waals surface area (Å²) in [5.41, 5.74) is 2.90. The van der Waals surface area contributed by atoms with Crippen molar-refractivity contribution < 1.29 is 23.9 Å². The van der Waals surface area contributed by atoms with Crippen LogP contribution in [0.2, 0.25) is 0 Å². The Morgan fingerprint density at radius 2 is 1.67 bits per heavy atom. The molecule has 0 atom stereocenters. The standard InChI is InChI=1S/C31H25BrN2O5/c1-3-38-27-17-20(15-24-29(35)33-31(37)34(30(24)36)22-10-5-4-6-11-22)16-26(32)28(27)39-18-25-19(2)13-14-21-9-7-8-12-23(21)25/h4-17H,3,18H2,1-2H3,(H,33,35,37)/b24-15+. The highest BCUT2D eigenvalue weighted by atomic mass is 79.9. The Morgan fingerprint density at radius 3 is 2.44 bits per heavy atom. The van der Waals surface area contributed by atoms with E-state index in [4.69, 9.17) is 9.47 Å². The largest absolute Gasteiger partial charge is 0.490 e. The molecule has 0 aliphatic carbocycles. The second-order valence-electron chi connectivity index (χ2n) is 8.93.